The average Bonchev–Trinajstić information content (AvgIpc) is 2.53. The molecular weight excluding hydrogens is 244 g/mol. The predicted octanol–water partition coefficient (Wildman–Crippen LogP) is 4.85. The highest BCUT2D eigenvalue weighted by atomic mass is 16.1. The zero-order valence-corrected chi connectivity index (χ0v) is 11.3. The summed E-state index contributed by atoms with van der Waals surface area (Å²) in [5, 5.41) is 0. The predicted molar refractivity (Wildman–Crippen MR) is 86.6 cm³/mol. The van der Waals surface area contributed by atoms with Crippen LogP contribution in [-0.2, 0) is 0 Å². The van der Waals surface area contributed by atoms with Crippen LogP contribution in [0.15, 0.2) is 62.2 Å². The zero-order valence-electron chi connectivity index (χ0n) is 11.3. The molecule has 0 saturated heterocycles. The molecule has 0 aromatic heterocycles. The minimum absolute atomic E-state index is 0.0134. The van der Waals surface area contributed by atoms with Gasteiger partial charge in [0.1, 0.15) is 0 Å². The Morgan fingerprint density at radius 1 is 0.750 bits per heavy atom. The summed E-state index contributed by atoms with van der Waals surface area (Å²) in [7, 11) is 0. The smallest absolute Gasteiger partial charge is 0.193 e. The van der Waals surface area contributed by atoms with Gasteiger partial charge < -0.3 is 0 Å². The summed E-state index contributed by atoms with van der Waals surface area (Å²) < 4.78 is 0. The summed E-state index contributed by atoms with van der Waals surface area (Å²) in [6, 6.07) is 13.0. The van der Waals surface area contributed by atoms with Crippen LogP contribution in [0.2, 0.25) is 0 Å². The van der Waals surface area contributed by atoms with E-state index in [2.05, 4.69) is 19.7 Å². The van der Waals surface area contributed by atoms with Crippen LogP contribution in [0.4, 0.5) is 0 Å². The second kappa shape index (κ2) is 5.98. The van der Waals surface area contributed by atoms with E-state index in [1.165, 1.54) is 0 Å². The maximum Gasteiger partial charge on any atom is 0.193 e. The molecule has 0 N–H and O–H groups in total. The van der Waals surface area contributed by atoms with Crippen LogP contribution in [-0.4, -0.2) is 5.78 Å². The Bertz CT molecular complexity index is 666. The van der Waals surface area contributed by atoms with E-state index in [1.807, 2.05) is 42.5 Å². The van der Waals surface area contributed by atoms with Crippen molar-refractivity contribution < 1.29 is 4.79 Å². The van der Waals surface area contributed by atoms with E-state index in [4.69, 9.17) is 0 Å². The van der Waals surface area contributed by atoms with Gasteiger partial charge in [0.25, 0.3) is 0 Å². The number of rotatable bonds is 5. The number of ketones is 1. The number of carbonyl (C=O) groups is 1. The SMILES string of the molecule is C=Cc1cccc(C(=O)c2cc(C=C)cc(C=C)c2)c1. The van der Waals surface area contributed by atoms with Gasteiger partial charge in [0.2, 0.25) is 0 Å². The fourth-order valence-electron chi connectivity index (χ4n) is 2.02. The van der Waals surface area contributed by atoms with E-state index in [0.29, 0.717) is 11.1 Å². The Balaban J connectivity index is 2.49. The summed E-state index contributed by atoms with van der Waals surface area (Å²) in [6.07, 6.45) is 5.18. The molecule has 2 aromatic carbocycles. The van der Waals surface area contributed by atoms with E-state index in [-0.39, 0.29) is 5.78 Å². The fraction of sp³-hybridized carbons (Fsp3) is 0. The summed E-state index contributed by atoms with van der Waals surface area (Å²) in [5.74, 6) is -0.0134. The maximum atomic E-state index is 12.5. The van der Waals surface area contributed by atoms with Crippen LogP contribution < -0.4 is 0 Å². The summed E-state index contributed by atoms with van der Waals surface area (Å²) in [4.78, 5) is 12.5. The van der Waals surface area contributed by atoms with Crippen molar-refractivity contribution in [3.8, 4) is 0 Å². The number of hydrogen-bond donors (Lipinski definition) is 0. The van der Waals surface area contributed by atoms with E-state index >= 15 is 0 Å². The topological polar surface area (TPSA) is 17.1 Å². The molecule has 98 valence electrons. The van der Waals surface area contributed by atoms with Crippen molar-refractivity contribution >= 4 is 24.0 Å². The molecule has 2 aromatic rings. The molecule has 0 aliphatic carbocycles. The largest absolute Gasteiger partial charge is 0.289 e. The monoisotopic (exact) mass is 260 g/mol. The highest BCUT2D eigenvalue weighted by Gasteiger charge is 2.10. The Morgan fingerprint density at radius 2 is 1.30 bits per heavy atom. The van der Waals surface area contributed by atoms with E-state index < -0.39 is 0 Å². The first-order valence-corrected chi connectivity index (χ1v) is 6.35. The molecule has 0 amide bonds. The molecular formula is C19H16O. The summed E-state index contributed by atoms with van der Waals surface area (Å²) >= 11 is 0. The summed E-state index contributed by atoms with van der Waals surface area (Å²) in [5.41, 5.74) is 4.04. The summed E-state index contributed by atoms with van der Waals surface area (Å²) in [6.45, 7) is 11.2. The van der Waals surface area contributed by atoms with Crippen molar-refractivity contribution in [2.24, 2.45) is 0 Å². The molecule has 0 fully saturated rings. The molecule has 0 heterocycles. The normalized spacial score (nSPS) is 9.80. The van der Waals surface area contributed by atoms with Crippen LogP contribution >= 0.6 is 0 Å². The van der Waals surface area contributed by atoms with E-state index in [1.54, 1.807) is 18.2 Å². The third-order valence-corrected chi connectivity index (χ3v) is 3.10. The second-order valence-corrected chi connectivity index (χ2v) is 4.46. The van der Waals surface area contributed by atoms with Crippen molar-refractivity contribution in [2.45, 2.75) is 0 Å². The number of carbonyl (C=O) groups excluding carboxylic acids is 1. The second-order valence-electron chi connectivity index (χ2n) is 4.46. The quantitative estimate of drug-likeness (QED) is 0.702. The molecule has 0 bridgehead atoms. The fourth-order valence-corrected chi connectivity index (χ4v) is 2.02. The van der Waals surface area contributed by atoms with Crippen molar-refractivity contribution in [1.82, 2.24) is 0 Å². The standard InChI is InChI=1S/C19H16O/c1-4-14-8-7-9-17(11-14)19(20)18-12-15(5-2)10-16(6-3)13-18/h4-13H,1-3H2. The van der Waals surface area contributed by atoms with Crippen LogP contribution in [0, 0.1) is 0 Å². The lowest BCUT2D eigenvalue weighted by Gasteiger charge is -2.06. The van der Waals surface area contributed by atoms with Gasteiger partial charge in [-0.25, -0.2) is 0 Å². The zero-order chi connectivity index (χ0) is 14.5. The lowest BCUT2D eigenvalue weighted by Crippen LogP contribution is -2.02. The van der Waals surface area contributed by atoms with Crippen molar-refractivity contribution in [3.63, 3.8) is 0 Å². The Labute approximate surface area is 119 Å². The van der Waals surface area contributed by atoms with Gasteiger partial charge in [-0.1, -0.05) is 56.2 Å². The molecule has 0 spiro atoms. The maximum absolute atomic E-state index is 12.5. The average molecular weight is 260 g/mol. The first-order valence-electron chi connectivity index (χ1n) is 6.35. The number of benzene rings is 2. The Hall–Kier alpha value is -2.67. The number of hydrogen-bond acceptors (Lipinski definition) is 1. The van der Waals surface area contributed by atoms with Gasteiger partial charge in [-0.2, -0.15) is 0 Å². The van der Waals surface area contributed by atoms with Crippen molar-refractivity contribution in [1.29, 1.82) is 0 Å². The molecule has 2 rings (SSSR count). The molecule has 1 nitrogen and oxygen atoms in total. The van der Waals surface area contributed by atoms with Crippen molar-refractivity contribution in [2.75, 3.05) is 0 Å². The van der Waals surface area contributed by atoms with E-state index in [0.717, 1.165) is 16.7 Å². The van der Waals surface area contributed by atoms with Crippen LogP contribution in [0.3, 0.4) is 0 Å². The van der Waals surface area contributed by atoms with Gasteiger partial charge in [-0.3, -0.25) is 4.79 Å². The highest BCUT2D eigenvalue weighted by molar-refractivity contribution is 6.09. The molecule has 0 unspecified atom stereocenters. The highest BCUT2D eigenvalue weighted by Crippen LogP contribution is 2.17. The van der Waals surface area contributed by atoms with E-state index in [9.17, 15) is 4.79 Å². The van der Waals surface area contributed by atoms with Gasteiger partial charge >= 0.3 is 0 Å². The Kier molecular flexibility index (Phi) is 4.11. The molecule has 0 aliphatic heterocycles. The van der Waals surface area contributed by atoms with Crippen molar-refractivity contribution in [3.05, 3.63) is 90.0 Å². The van der Waals surface area contributed by atoms with Gasteiger partial charge in [-0.05, 0) is 41.0 Å². The molecule has 0 radical (unpaired) electrons. The minimum Gasteiger partial charge on any atom is -0.289 e. The molecule has 0 aliphatic rings. The first-order chi connectivity index (χ1) is 9.67. The molecule has 20 heavy (non-hydrogen) atoms. The molecule has 0 atom stereocenters. The van der Waals surface area contributed by atoms with Crippen LogP contribution in [0.5, 0.6) is 0 Å². The first kappa shape index (κ1) is 13.8. The van der Waals surface area contributed by atoms with Gasteiger partial charge in [-0.15, -0.1) is 0 Å². The third kappa shape index (κ3) is 2.83. The van der Waals surface area contributed by atoms with Gasteiger partial charge in [0, 0.05) is 11.1 Å². The lowest BCUT2D eigenvalue weighted by molar-refractivity contribution is 0.103. The van der Waals surface area contributed by atoms with Crippen LogP contribution in [0.1, 0.15) is 32.6 Å². The molecule has 0 saturated carbocycles. The van der Waals surface area contributed by atoms with Crippen LogP contribution in [0.25, 0.3) is 18.2 Å². The Morgan fingerprint density at radius 3 is 1.85 bits per heavy atom. The molecule has 1 heteroatoms. The third-order valence-electron chi connectivity index (χ3n) is 3.10. The van der Waals surface area contributed by atoms with Gasteiger partial charge in [0.15, 0.2) is 5.78 Å². The minimum atomic E-state index is -0.0134. The lowest BCUT2D eigenvalue weighted by atomic mass is 9.97. The van der Waals surface area contributed by atoms with Gasteiger partial charge in [0.05, 0.1) is 0 Å².